The highest BCUT2D eigenvalue weighted by atomic mass is 79.9. The van der Waals surface area contributed by atoms with E-state index in [1.165, 1.54) is 0 Å². The molecule has 0 radical (unpaired) electrons. The summed E-state index contributed by atoms with van der Waals surface area (Å²) >= 11 is 10.7. The second kappa shape index (κ2) is 10.5. The van der Waals surface area contributed by atoms with Crippen LogP contribution >= 0.6 is 38.9 Å². The van der Waals surface area contributed by atoms with E-state index in [9.17, 15) is 14.7 Å². The molecule has 1 fully saturated rings. The van der Waals surface area contributed by atoms with Crippen LogP contribution in [0.15, 0.2) is 64.0 Å². The molecule has 1 N–H and O–H groups in total. The van der Waals surface area contributed by atoms with E-state index in [0.717, 1.165) is 37.6 Å². The molecule has 1 unspecified atom stereocenters. The van der Waals surface area contributed by atoms with E-state index in [1.54, 1.807) is 26.4 Å². The zero-order chi connectivity index (χ0) is 26.2. The maximum absolute atomic E-state index is 13.3. The molecular weight excluding hydrogens is 578 g/mol. The molecule has 1 atom stereocenters. The van der Waals surface area contributed by atoms with E-state index in [0.29, 0.717) is 43.1 Å². The summed E-state index contributed by atoms with van der Waals surface area (Å²) in [6.07, 6.45) is 3.07. The highest BCUT2D eigenvalue weighted by Crippen LogP contribution is 2.33. The molecule has 5 rings (SSSR count). The van der Waals surface area contributed by atoms with Crippen molar-refractivity contribution < 1.29 is 9.90 Å². The van der Waals surface area contributed by atoms with Gasteiger partial charge in [0.1, 0.15) is 17.8 Å². The smallest absolute Gasteiger partial charge is 0.308 e. The monoisotopic (exact) mass is 601 g/mol. The van der Waals surface area contributed by atoms with Crippen molar-refractivity contribution in [3.05, 3.63) is 84.5 Å². The highest BCUT2D eigenvalue weighted by molar-refractivity contribution is 9.10. The molecule has 0 bridgehead atoms. The van der Waals surface area contributed by atoms with Crippen LogP contribution in [-0.4, -0.2) is 48.6 Å². The minimum Gasteiger partial charge on any atom is -0.383 e. The molecule has 0 aliphatic carbocycles. The molecule has 1 amide bonds. The van der Waals surface area contributed by atoms with Crippen LogP contribution in [0.2, 0.25) is 5.02 Å². The minimum absolute atomic E-state index is 0.0354. The second-order valence-electron chi connectivity index (χ2n) is 9.14. The molecule has 1 aliphatic heterocycles. The zero-order valence-corrected chi connectivity index (χ0v) is 23.3. The fourth-order valence-corrected chi connectivity index (χ4v) is 5.98. The van der Waals surface area contributed by atoms with Crippen molar-refractivity contribution in [3.63, 3.8) is 0 Å². The first-order valence-corrected chi connectivity index (χ1v) is 13.9. The average molecular weight is 603 g/mol. The third kappa shape index (κ3) is 5.29. The Morgan fingerprint density at radius 2 is 1.97 bits per heavy atom. The van der Waals surface area contributed by atoms with Gasteiger partial charge in [-0.3, -0.25) is 14.2 Å². The topological polar surface area (TPSA) is 93.2 Å². The van der Waals surface area contributed by atoms with Gasteiger partial charge in [0.15, 0.2) is 0 Å². The molecule has 192 valence electrons. The molecule has 2 aromatic heterocycles. The van der Waals surface area contributed by atoms with Gasteiger partial charge in [-0.05, 0) is 65.9 Å². The fraction of sp³-hybridized carbons (Fsp3) is 0.308. The van der Waals surface area contributed by atoms with Crippen molar-refractivity contribution >= 4 is 44.8 Å². The summed E-state index contributed by atoms with van der Waals surface area (Å²) in [6, 6.07) is 15.1. The average Bonchev–Trinajstić information content (AvgIpc) is 3.42. The van der Waals surface area contributed by atoms with Crippen LogP contribution in [0.3, 0.4) is 0 Å². The maximum Gasteiger partial charge on any atom is 0.308 e. The van der Waals surface area contributed by atoms with Gasteiger partial charge in [0.25, 0.3) is 0 Å². The Balaban J connectivity index is 1.31. The number of likely N-dealkylation sites (tertiary alicyclic amines) is 1. The lowest BCUT2D eigenvalue weighted by Crippen LogP contribution is -2.37. The van der Waals surface area contributed by atoms with Crippen molar-refractivity contribution in [3.8, 4) is 16.9 Å². The Labute approximate surface area is 231 Å². The molecular formula is C26H25BrClN5O3S. The van der Waals surface area contributed by atoms with Crippen LogP contribution in [0.4, 0.5) is 0 Å². The number of benzene rings is 2. The largest absolute Gasteiger partial charge is 0.383 e. The summed E-state index contributed by atoms with van der Waals surface area (Å²) < 4.78 is 3.92. The molecule has 8 nitrogen and oxygen atoms in total. The number of nitrogens with zero attached hydrogens (tertiary/aromatic N) is 5. The normalized spacial score (nSPS) is 18.1. The molecule has 1 saturated heterocycles. The lowest BCUT2D eigenvalue weighted by atomic mass is 9.92. The third-order valence-corrected chi connectivity index (χ3v) is 8.84. The van der Waals surface area contributed by atoms with Crippen LogP contribution in [-0.2, 0) is 16.9 Å². The summed E-state index contributed by atoms with van der Waals surface area (Å²) in [5.74, 6) is -0.144. The van der Waals surface area contributed by atoms with Gasteiger partial charge in [0, 0.05) is 22.4 Å². The number of hydrogen-bond donors (Lipinski definition) is 1. The predicted molar refractivity (Wildman–Crippen MR) is 147 cm³/mol. The predicted octanol–water partition coefficient (Wildman–Crippen LogP) is 4.78. The number of aryl methyl sites for hydroxylation is 1. The number of aromatic nitrogens is 4. The molecule has 4 aromatic rings. The van der Waals surface area contributed by atoms with Gasteiger partial charge in [-0.15, -0.1) is 5.10 Å². The quantitative estimate of drug-likeness (QED) is 0.355. The number of amides is 1. The van der Waals surface area contributed by atoms with Crippen molar-refractivity contribution in [2.75, 3.05) is 13.1 Å². The Bertz CT molecular complexity index is 1500. The fourth-order valence-electron chi connectivity index (χ4n) is 4.71. The SMILES string of the molecule is Cc1sc(=O)n(CC(=O)N2CCCC(O)(c3cn(-c4ccc(Br)c(Cl)c4)nn3)CC2)c1-c1ccccc1. The Morgan fingerprint density at radius 1 is 1.19 bits per heavy atom. The summed E-state index contributed by atoms with van der Waals surface area (Å²) in [6.45, 7) is 2.71. The van der Waals surface area contributed by atoms with Gasteiger partial charge < -0.3 is 10.0 Å². The number of aliphatic hydroxyl groups is 1. The van der Waals surface area contributed by atoms with Crippen LogP contribution in [0.5, 0.6) is 0 Å². The summed E-state index contributed by atoms with van der Waals surface area (Å²) in [5, 5.41) is 20.4. The number of hydrogen-bond acceptors (Lipinski definition) is 6. The van der Waals surface area contributed by atoms with Crippen LogP contribution < -0.4 is 4.87 Å². The first-order valence-electron chi connectivity index (χ1n) is 11.9. The van der Waals surface area contributed by atoms with Gasteiger partial charge in [0.05, 0.1) is 22.6 Å². The first-order chi connectivity index (χ1) is 17.7. The van der Waals surface area contributed by atoms with Crippen LogP contribution in [0, 0.1) is 6.92 Å². The Kier molecular flexibility index (Phi) is 7.35. The Morgan fingerprint density at radius 3 is 2.73 bits per heavy atom. The second-order valence-corrected chi connectivity index (χ2v) is 11.6. The van der Waals surface area contributed by atoms with Gasteiger partial charge >= 0.3 is 4.87 Å². The van der Waals surface area contributed by atoms with Crippen molar-refractivity contribution in [1.29, 1.82) is 0 Å². The standard InChI is InChI=1S/C26H25BrClN5O3S/c1-17-24(18-6-3-2-4-7-18)32(25(35)37-17)16-23(34)31-12-5-10-26(36,11-13-31)22-15-33(30-29-22)19-8-9-20(27)21(28)14-19/h2-4,6-9,14-15,36H,5,10-13,16H2,1H3. The van der Waals surface area contributed by atoms with Gasteiger partial charge in [-0.1, -0.05) is 58.5 Å². The molecule has 0 spiro atoms. The molecule has 0 saturated carbocycles. The lowest BCUT2D eigenvalue weighted by Gasteiger charge is -2.25. The van der Waals surface area contributed by atoms with E-state index in [4.69, 9.17) is 11.6 Å². The summed E-state index contributed by atoms with van der Waals surface area (Å²) in [4.78, 5) is 28.5. The zero-order valence-electron chi connectivity index (χ0n) is 20.1. The number of rotatable bonds is 5. The lowest BCUT2D eigenvalue weighted by molar-refractivity contribution is -0.132. The van der Waals surface area contributed by atoms with E-state index >= 15 is 0 Å². The molecule has 11 heteroatoms. The summed E-state index contributed by atoms with van der Waals surface area (Å²) in [5.41, 5.74) is 1.66. The number of halogens is 2. The first kappa shape index (κ1) is 25.8. The van der Waals surface area contributed by atoms with Gasteiger partial charge in [0.2, 0.25) is 5.91 Å². The van der Waals surface area contributed by atoms with Gasteiger partial charge in [-0.25, -0.2) is 4.68 Å². The van der Waals surface area contributed by atoms with E-state index in [-0.39, 0.29) is 17.3 Å². The van der Waals surface area contributed by atoms with Gasteiger partial charge in [-0.2, -0.15) is 0 Å². The van der Waals surface area contributed by atoms with E-state index in [2.05, 4.69) is 26.2 Å². The molecule has 37 heavy (non-hydrogen) atoms. The van der Waals surface area contributed by atoms with Crippen LogP contribution in [0.25, 0.3) is 16.9 Å². The highest BCUT2D eigenvalue weighted by Gasteiger charge is 2.36. The summed E-state index contributed by atoms with van der Waals surface area (Å²) in [7, 11) is 0. The maximum atomic E-state index is 13.3. The van der Waals surface area contributed by atoms with Crippen molar-refractivity contribution in [1.82, 2.24) is 24.5 Å². The molecule has 3 heterocycles. The van der Waals surface area contributed by atoms with E-state index in [1.807, 2.05) is 49.4 Å². The number of thiazole rings is 1. The van der Waals surface area contributed by atoms with Crippen molar-refractivity contribution in [2.24, 2.45) is 0 Å². The van der Waals surface area contributed by atoms with Crippen LogP contribution in [0.1, 0.15) is 29.8 Å². The minimum atomic E-state index is -1.21. The third-order valence-electron chi connectivity index (χ3n) is 6.71. The number of carbonyl (C=O) groups excluding carboxylic acids is 1. The molecule has 2 aromatic carbocycles. The Hall–Kier alpha value is -2.79. The molecule has 1 aliphatic rings. The van der Waals surface area contributed by atoms with Crippen molar-refractivity contribution in [2.45, 2.75) is 38.3 Å². The van der Waals surface area contributed by atoms with E-state index < -0.39 is 5.60 Å². The number of carbonyl (C=O) groups is 1.